The number of carbonyl (C=O) groups excluding carboxylic acids is 2. The van der Waals surface area contributed by atoms with Crippen LogP contribution in [0.1, 0.15) is 28.9 Å². The van der Waals surface area contributed by atoms with Gasteiger partial charge in [0.2, 0.25) is 5.91 Å². The molecule has 24 heavy (non-hydrogen) atoms. The average Bonchev–Trinajstić information content (AvgIpc) is 2.60. The molecule has 3 rings (SSSR count). The van der Waals surface area contributed by atoms with E-state index in [4.69, 9.17) is 5.73 Å². The van der Waals surface area contributed by atoms with Gasteiger partial charge in [0.25, 0.3) is 5.91 Å². The van der Waals surface area contributed by atoms with Crippen LogP contribution in [-0.2, 0) is 11.3 Å². The van der Waals surface area contributed by atoms with Gasteiger partial charge in [-0.3, -0.25) is 14.6 Å². The Balaban J connectivity index is 1.69. The molecule has 1 aromatic heterocycles. The summed E-state index contributed by atoms with van der Waals surface area (Å²) in [5.41, 5.74) is 7.23. The molecule has 124 valence electrons. The van der Waals surface area contributed by atoms with Gasteiger partial charge in [-0.05, 0) is 30.5 Å². The van der Waals surface area contributed by atoms with E-state index in [-0.39, 0.29) is 17.6 Å². The van der Waals surface area contributed by atoms with E-state index in [1.165, 1.54) is 6.20 Å². The van der Waals surface area contributed by atoms with E-state index in [2.05, 4.69) is 10.3 Å². The van der Waals surface area contributed by atoms with Crippen molar-refractivity contribution in [3.63, 3.8) is 0 Å². The Morgan fingerprint density at radius 2 is 2.08 bits per heavy atom. The highest BCUT2D eigenvalue weighted by molar-refractivity contribution is 5.92. The molecule has 1 fully saturated rings. The minimum absolute atomic E-state index is 0.0718. The summed E-state index contributed by atoms with van der Waals surface area (Å²) in [7, 11) is 0. The zero-order valence-electron chi connectivity index (χ0n) is 13.3. The van der Waals surface area contributed by atoms with Gasteiger partial charge in [0.05, 0.1) is 0 Å². The molecule has 1 unspecified atom stereocenters. The summed E-state index contributed by atoms with van der Waals surface area (Å²) in [5, 5.41) is 3.20. The second-order valence-electron chi connectivity index (χ2n) is 5.88. The van der Waals surface area contributed by atoms with Gasteiger partial charge in [0.1, 0.15) is 11.7 Å². The SMILES string of the molecule is NC(=O)c1cc(NC2CCCN(Cc3ccccc3)C2=O)ccn1. The molecular formula is C18H20N4O2. The van der Waals surface area contributed by atoms with Crippen molar-refractivity contribution in [1.29, 1.82) is 0 Å². The quantitative estimate of drug-likeness (QED) is 0.877. The maximum atomic E-state index is 12.7. The van der Waals surface area contributed by atoms with Gasteiger partial charge < -0.3 is 16.0 Å². The second-order valence-corrected chi connectivity index (χ2v) is 5.88. The summed E-state index contributed by atoms with van der Waals surface area (Å²) in [6, 6.07) is 13.0. The zero-order chi connectivity index (χ0) is 16.9. The predicted octanol–water partition coefficient (Wildman–Crippen LogP) is 1.78. The van der Waals surface area contributed by atoms with Gasteiger partial charge in [-0.15, -0.1) is 0 Å². The van der Waals surface area contributed by atoms with Crippen LogP contribution in [0.5, 0.6) is 0 Å². The van der Waals surface area contributed by atoms with Crippen LogP contribution in [0.3, 0.4) is 0 Å². The number of amides is 2. The molecule has 1 aliphatic rings. The van der Waals surface area contributed by atoms with Crippen LogP contribution >= 0.6 is 0 Å². The molecule has 0 spiro atoms. The molecule has 2 amide bonds. The number of aromatic nitrogens is 1. The topological polar surface area (TPSA) is 88.3 Å². The first-order chi connectivity index (χ1) is 11.6. The van der Waals surface area contributed by atoms with Crippen LogP contribution in [0.2, 0.25) is 0 Å². The van der Waals surface area contributed by atoms with Crippen LogP contribution in [0.15, 0.2) is 48.7 Å². The van der Waals surface area contributed by atoms with E-state index in [0.29, 0.717) is 12.2 Å². The first-order valence-corrected chi connectivity index (χ1v) is 7.98. The smallest absolute Gasteiger partial charge is 0.267 e. The highest BCUT2D eigenvalue weighted by atomic mass is 16.2. The van der Waals surface area contributed by atoms with Gasteiger partial charge in [0, 0.05) is 25.0 Å². The molecule has 0 radical (unpaired) electrons. The van der Waals surface area contributed by atoms with E-state index >= 15 is 0 Å². The molecule has 0 saturated carbocycles. The third-order valence-corrected chi connectivity index (χ3v) is 4.10. The Bertz CT molecular complexity index is 733. The largest absolute Gasteiger partial charge is 0.374 e. The summed E-state index contributed by atoms with van der Waals surface area (Å²) in [6.45, 7) is 1.37. The number of likely N-dealkylation sites (tertiary alicyclic amines) is 1. The zero-order valence-corrected chi connectivity index (χ0v) is 13.3. The number of anilines is 1. The predicted molar refractivity (Wildman–Crippen MR) is 91.3 cm³/mol. The number of nitrogens with two attached hydrogens (primary N) is 1. The normalized spacial score (nSPS) is 17.6. The molecule has 1 aromatic carbocycles. The van der Waals surface area contributed by atoms with Gasteiger partial charge in [-0.2, -0.15) is 0 Å². The van der Waals surface area contributed by atoms with E-state index in [1.54, 1.807) is 12.1 Å². The molecule has 0 bridgehead atoms. The van der Waals surface area contributed by atoms with E-state index < -0.39 is 5.91 Å². The van der Waals surface area contributed by atoms with Crippen molar-refractivity contribution in [2.24, 2.45) is 5.73 Å². The Hall–Kier alpha value is -2.89. The molecule has 3 N–H and O–H groups in total. The lowest BCUT2D eigenvalue weighted by Gasteiger charge is -2.33. The first kappa shape index (κ1) is 16.0. The number of benzene rings is 1. The van der Waals surface area contributed by atoms with Crippen molar-refractivity contribution in [3.05, 3.63) is 59.9 Å². The molecule has 6 nitrogen and oxygen atoms in total. The van der Waals surface area contributed by atoms with Crippen molar-refractivity contribution in [2.45, 2.75) is 25.4 Å². The molecule has 1 aliphatic heterocycles. The van der Waals surface area contributed by atoms with Crippen molar-refractivity contribution < 1.29 is 9.59 Å². The fourth-order valence-electron chi connectivity index (χ4n) is 2.89. The molecular weight excluding hydrogens is 304 g/mol. The van der Waals surface area contributed by atoms with E-state index in [1.807, 2.05) is 35.2 Å². The van der Waals surface area contributed by atoms with Gasteiger partial charge in [-0.1, -0.05) is 30.3 Å². The van der Waals surface area contributed by atoms with E-state index in [0.717, 1.165) is 24.9 Å². The molecule has 1 saturated heterocycles. The van der Waals surface area contributed by atoms with Crippen LogP contribution < -0.4 is 11.1 Å². The Labute approximate surface area is 140 Å². The lowest BCUT2D eigenvalue weighted by Crippen LogP contribution is -2.47. The lowest BCUT2D eigenvalue weighted by atomic mass is 10.0. The lowest BCUT2D eigenvalue weighted by molar-refractivity contribution is -0.134. The molecule has 1 atom stereocenters. The van der Waals surface area contributed by atoms with Crippen molar-refractivity contribution in [1.82, 2.24) is 9.88 Å². The Kier molecular flexibility index (Phi) is 4.74. The number of nitrogens with one attached hydrogen (secondary N) is 1. The maximum absolute atomic E-state index is 12.7. The maximum Gasteiger partial charge on any atom is 0.267 e. The number of primary amides is 1. The number of hydrogen-bond acceptors (Lipinski definition) is 4. The molecule has 6 heteroatoms. The second kappa shape index (κ2) is 7.12. The number of pyridine rings is 1. The molecule has 2 heterocycles. The third kappa shape index (κ3) is 3.71. The average molecular weight is 324 g/mol. The highest BCUT2D eigenvalue weighted by Crippen LogP contribution is 2.19. The monoisotopic (exact) mass is 324 g/mol. The minimum Gasteiger partial charge on any atom is -0.374 e. The summed E-state index contributed by atoms with van der Waals surface area (Å²) < 4.78 is 0. The van der Waals surface area contributed by atoms with Crippen molar-refractivity contribution in [3.8, 4) is 0 Å². The third-order valence-electron chi connectivity index (χ3n) is 4.10. The van der Waals surface area contributed by atoms with Crippen LogP contribution in [-0.4, -0.2) is 34.3 Å². The minimum atomic E-state index is -0.584. The Morgan fingerprint density at radius 1 is 1.29 bits per heavy atom. The number of nitrogens with zero attached hydrogens (tertiary/aromatic N) is 2. The van der Waals surface area contributed by atoms with Gasteiger partial charge in [-0.25, -0.2) is 0 Å². The van der Waals surface area contributed by atoms with Crippen molar-refractivity contribution >= 4 is 17.5 Å². The van der Waals surface area contributed by atoms with E-state index in [9.17, 15) is 9.59 Å². The fourth-order valence-corrected chi connectivity index (χ4v) is 2.89. The number of rotatable bonds is 5. The summed E-state index contributed by atoms with van der Waals surface area (Å²) in [4.78, 5) is 29.7. The summed E-state index contributed by atoms with van der Waals surface area (Å²) in [5.74, 6) is -0.512. The van der Waals surface area contributed by atoms with Crippen LogP contribution in [0.25, 0.3) is 0 Å². The fraction of sp³-hybridized carbons (Fsp3) is 0.278. The first-order valence-electron chi connectivity index (χ1n) is 7.98. The van der Waals surface area contributed by atoms with Crippen molar-refractivity contribution in [2.75, 3.05) is 11.9 Å². The number of piperidine rings is 1. The number of hydrogen-bond donors (Lipinski definition) is 2. The summed E-state index contributed by atoms with van der Waals surface area (Å²) >= 11 is 0. The molecule has 0 aliphatic carbocycles. The van der Waals surface area contributed by atoms with Crippen LogP contribution in [0, 0.1) is 0 Å². The Morgan fingerprint density at radius 3 is 2.83 bits per heavy atom. The molecule has 2 aromatic rings. The van der Waals surface area contributed by atoms with Gasteiger partial charge in [0.15, 0.2) is 0 Å². The summed E-state index contributed by atoms with van der Waals surface area (Å²) in [6.07, 6.45) is 3.21. The number of carbonyl (C=O) groups is 2. The highest BCUT2D eigenvalue weighted by Gasteiger charge is 2.28. The standard InChI is InChI=1S/C18H20N4O2/c19-17(23)16-11-14(8-9-20-16)21-15-7-4-10-22(18(15)24)12-13-5-2-1-3-6-13/h1-3,5-6,8-9,11,15H,4,7,10,12H2,(H2,19,23)(H,20,21). The van der Waals surface area contributed by atoms with Crippen LogP contribution in [0.4, 0.5) is 5.69 Å². The van der Waals surface area contributed by atoms with Gasteiger partial charge >= 0.3 is 0 Å².